The Morgan fingerprint density at radius 1 is 1.24 bits per heavy atom. The minimum atomic E-state index is -0.0873. The smallest absolute Gasteiger partial charge is 0.266 e. The van der Waals surface area contributed by atoms with Gasteiger partial charge in [0.1, 0.15) is 5.75 Å². The molecule has 0 bridgehead atoms. The van der Waals surface area contributed by atoms with Crippen LogP contribution >= 0.6 is 0 Å². The van der Waals surface area contributed by atoms with Crippen LogP contribution in [-0.2, 0) is 0 Å². The minimum Gasteiger partial charge on any atom is -0.496 e. The van der Waals surface area contributed by atoms with Gasteiger partial charge in [0, 0.05) is 19.7 Å². The van der Waals surface area contributed by atoms with Gasteiger partial charge in [0.15, 0.2) is 0 Å². The van der Waals surface area contributed by atoms with Crippen LogP contribution < -0.4 is 10.2 Å². The number of methoxy groups -OCH3 is 1. The standard InChI is InChI=1S/C13H20N2O2/c1-8-7-11(17-6)9(2)10(3)12(8)13(16)14-15(4)5/h7H,1-6H3,(H,14,16). The lowest BCUT2D eigenvalue weighted by Crippen LogP contribution is -2.37. The van der Waals surface area contributed by atoms with E-state index in [9.17, 15) is 4.79 Å². The van der Waals surface area contributed by atoms with Gasteiger partial charge in [-0.05, 0) is 43.5 Å². The van der Waals surface area contributed by atoms with Gasteiger partial charge in [-0.3, -0.25) is 10.2 Å². The summed E-state index contributed by atoms with van der Waals surface area (Å²) in [6, 6.07) is 1.90. The third-order valence-electron chi connectivity index (χ3n) is 2.82. The van der Waals surface area contributed by atoms with Crippen molar-refractivity contribution in [2.45, 2.75) is 20.8 Å². The van der Waals surface area contributed by atoms with Crippen molar-refractivity contribution in [2.75, 3.05) is 21.2 Å². The lowest BCUT2D eigenvalue weighted by molar-refractivity contribution is 0.0855. The molecule has 1 aromatic carbocycles. The van der Waals surface area contributed by atoms with Gasteiger partial charge in [-0.1, -0.05) is 0 Å². The van der Waals surface area contributed by atoms with Gasteiger partial charge in [-0.2, -0.15) is 0 Å². The summed E-state index contributed by atoms with van der Waals surface area (Å²) in [6.45, 7) is 5.81. The second-order valence-electron chi connectivity index (χ2n) is 4.36. The molecule has 17 heavy (non-hydrogen) atoms. The normalized spacial score (nSPS) is 10.5. The van der Waals surface area contributed by atoms with E-state index in [-0.39, 0.29) is 5.91 Å². The first-order chi connectivity index (χ1) is 7.88. The van der Waals surface area contributed by atoms with Crippen molar-refractivity contribution in [2.24, 2.45) is 0 Å². The zero-order valence-corrected chi connectivity index (χ0v) is 11.3. The molecule has 4 nitrogen and oxygen atoms in total. The Bertz CT molecular complexity index is 440. The van der Waals surface area contributed by atoms with E-state index in [1.165, 1.54) is 0 Å². The van der Waals surface area contributed by atoms with E-state index >= 15 is 0 Å². The van der Waals surface area contributed by atoms with Crippen LogP contribution in [0, 0.1) is 20.8 Å². The number of benzene rings is 1. The fourth-order valence-corrected chi connectivity index (χ4v) is 1.87. The summed E-state index contributed by atoms with van der Waals surface area (Å²) in [7, 11) is 5.22. The van der Waals surface area contributed by atoms with Crippen molar-refractivity contribution >= 4 is 5.91 Å². The fourth-order valence-electron chi connectivity index (χ4n) is 1.87. The highest BCUT2D eigenvalue weighted by Gasteiger charge is 2.17. The summed E-state index contributed by atoms with van der Waals surface area (Å²) in [4.78, 5) is 12.1. The van der Waals surface area contributed by atoms with Gasteiger partial charge >= 0.3 is 0 Å². The summed E-state index contributed by atoms with van der Waals surface area (Å²) in [5, 5.41) is 1.64. The molecule has 0 atom stereocenters. The summed E-state index contributed by atoms with van der Waals surface area (Å²) in [5.41, 5.74) is 6.36. The number of aryl methyl sites for hydroxylation is 1. The molecule has 94 valence electrons. The molecule has 1 amide bonds. The second kappa shape index (κ2) is 5.19. The summed E-state index contributed by atoms with van der Waals surface area (Å²) >= 11 is 0. The highest BCUT2D eigenvalue weighted by molar-refractivity contribution is 5.97. The molecule has 0 saturated heterocycles. The maximum Gasteiger partial charge on any atom is 0.266 e. The molecule has 0 heterocycles. The predicted molar refractivity (Wildman–Crippen MR) is 68.4 cm³/mol. The van der Waals surface area contributed by atoms with Crippen LogP contribution in [0.4, 0.5) is 0 Å². The molecule has 1 rings (SSSR count). The Kier molecular flexibility index (Phi) is 4.12. The van der Waals surface area contributed by atoms with E-state index in [0.717, 1.165) is 28.0 Å². The van der Waals surface area contributed by atoms with Crippen LogP contribution in [0.15, 0.2) is 6.07 Å². The number of hydrazine groups is 1. The zero-order valence-electron chi connectivity index (χ0n) is 11.3. The Labute approximate surface area is 103 Å². The SMILES string of the molecule is COc1cc(C)c(C(=O)NN(C)C)c(C)c1C. The fraction of sp³-hybridized carbons (Fsp3) is 0.462. The van der Waals surface area contributed by atoms with Crippen LogP contribution in [0.5, 0.6) is 5.75 Å². The number of hydrogen-bond donors (Lipinski definition) is 1. The Morgan fingerprint density at radius 3 is 2.29 bits per heavy atom. The summed E-state index contributed by atoms with van der Waals surface area (Å²) < 4.78 is 5.28. The van der Waals surface area contributed by atoms with E-state index in [4.69, 9.17) is 4.74 Å². The lowest BCUT2D eigenvalue weighted by atomic mass is 9.97. The number of hydrogen-bond acceptors (Lipinski definition) is 3. The number of nitrogens with zero attached hydrogens (tertiary/aromatic N) is 1. The molecule has 0 saturated carbocycles. The van der Waals surface area contributed by atoms with Gasteiger partial charge < -0.3 is 4.74 Å². The van der Waals surface area contributed by atoms with Crippen LogP contribution in [0.3, 0.4) is 0 Å². The molecular formula is C13H20N2O2. The zero-order chi connectivity index (χ0) is 13.2. The topological polar surface area (TPSA) is 41.6 Å². The quantitative estimate of drug-likeness (QED) is 0.814. The maximum absolute atomic E-state index is 12.1. The van der Waals surface area contributed by atoms with Crippen LogP contribution in [-0.4, -0.2) is 32.1 Å². The summed E-state index contributed by atoms with van der Waals surface area (Å²) in [5.74, 6) is 0.733. The van der Waals surface area contributed by atoms with Crippen molar-refractivity contribution in [1.82, 2.24) is 10.4 Å². The van der Waals surface area contributed by atoms with E-state index in [2.05, 4.69) is 5.43 Å². The van der Waals surface area contributed by atoms with Gasteiger partial charge in [0.25, 0.3) is 5.91 Å². The van der Waals surface area contributed by atoms with E-state index < -0.39 is 0 Å². The molecule has 1 aromatic rings. The van der Waals surface area contributed by atoms with Crippen molar-refractivity contribution < 1.29 is 9.53 Å². The third-order valence-corrected chi connectivity index (χ3v) is 2.82. The molecule has 0 aliphatic carbocycles. The first-order valence-electron chi connectivity index (χ1n) is 5.51. The van der Waals surface area contributed by atoms with Crippen molar-refractivity contribution in [3.05, 3.63) is 28.3 Å². The van der Waals surface area contributed by atoms with E-state index in [1.54, 1.807) is 26.2 Å². The van der Waals surface area contributed by atoms with Crippen LogP contribution in [0.2, 0.25) is 0 Å². The van der Waals surface area contributed by atoms with Crippen molar-refractivity contribution in [1.29, 1.82) is 0 Å². The molecule has 0 unspecified atom stereocenters. The number of rotatable bonds is 3. The van der Waals surface area contributed by atoms with E-state index in [1.807, 2.05) is 26.8 Å². The highest BCUT2D eigenvalue weighted by Crippen LogP contribution is 2.27. The first-order valence-corrected chi connectivity index (χ1v) is 5.51. The van der Waals surface area contributed by atoms with Gasteiger partial charge in [-0.15, -0.1) is 0 Å². The number of amides is 1. The average Bonchev–Trinajstić information content (AvgIpc) is 2.22. The van der Waals surface area contributed by atoms with Crippen LogP contribution in [0.25, 0.3) is 0 Å². The van der Waals surface area contributed by atoms with Crippen LogP contribution in [0.1, 0.15) is 27.0 Å². The maximum atomic E-state index is 12.1. The molecule has 0 aliphatic heterocycles. The predicted octanol–water partition coefficient (Wildman–Crippen LogP) is 1.83. The Hall–Kier alpha value is -1.55. The van der Waals surface area contributed by atoms with Crippen molar-refractivity contribution in [3.8, 4) is 5.75 Å². The minimum absolute atomic E-state index is 0.0873. The van der Waals surface area contributed by atoms with Gasteiger partial charge in [0.05, 0.1) is 7.11 Å². The lowest BCUT2D eigenvalue weighted by Gasteiger charge is -2.18. The van der Waals surface area contributed by atoms with Gasteiger partial charge in [0.2, 0.25) is 0 Å². The molecule has 0 spiro atoms. The number of carbonyl (C=O) groups excluding carboxylic acids is 1. The van der Waals surface area contributed by atoms with Gasteiger partial charge in [-0.25, -0.2) is 5.01 Å². The highest BCUT2D eigenvalue weighted by atomic mass is 16.5. The molecule has 0 aromatic heterocycles. The molecule has 0 aliphatic rings. The molecule has 0 fully saturated rings. The molecular weight excluding hydrogens is 216 g/mol. The monoisotopic (exact) mass is 236 g/mol. The third kappa shape index (κ3) is 2.77. The first kappa shape index (κ1) is 13.5. The van der Waals surface area contributed by atoms with E-state index in [0.29, 0.717) is 0 Å². The average molecular weight is 236 g/mol. The molecule has 4 heteroatoms. The number of carbonyl (C=O) groups is 1. The number of nitrogens with one attached hydrogen (secondary N) is 1. The summed E-state index contributed by atoms with van der Waals surface area (Å²) in [6.07, 6.45) is 0. The Balaban J connectivity index is 3.26. The molecule has 1 N–H and O–H groups in total. The van der Waals surface area contributed by atoms with Crippen molar-refractivity contribution in [3.63, 3.8) is 0 Å². The largest absolute Gasteiger partial charge is 0.496 e. The number of ether oxygens (including phenoxy) is 1. The Morgan fingerprint density at radius 2 is 1.82 bits per heavy atom. The molecule has 0 radical (unpaired) electrons. The second-order valence-corrected chi connectivity index (χ2v) is 4.36.